The van der Waals surface area contributed by atoms with Crippen LogP contribution in [0.25, 0.3) is 11.5 Å². The fourth-order valence-electron chi connectivity index (χ4n) is 2.23. The fourth-order valence-corrected chi connectivity index (χ4v) is 2.23. The van der Waals surface area contributed by atoms with Crippen molar-refractivity contribution in [1.29, 1.82) is 0 Å². The van der Waals surface area contributed by atoms with Gasteiger partial charge >= 0.3 is 6.18 Å². The number of nitrogens with one attached hydrogen (secondary N) is 1. The summed E-state index contributed by atoms with van der Waals surface area (Å²) in [6.45, 7) is 0.525. The molecule has 0 saturated carbocycles. The van der Waals surface area contributed by atoms with E-state index in [1.54, 1.807) is 12.1 Å². The minimum absolute atomic E-state index is 0.143. The average molecular weight is 363 g/mol. The van der Waals surface area contributed by atoms with Crippen molar-refractivity contribution in [3.05, 3.63) is 60.5 Å². The highest BCUT2D eigenvalue weighted by Gasteiger charge is 2.28. The second kappa shape index (κ2) is 7.47. The van der Waals surface area contributed by atoms with Gasteiger partial charge in [-0.2, -0.15) is 13.2 Å². The van der Waals surface area contributed by atoms with Gasteiger partial charge in [-0.25, -0.2) is 0 Å². The zero-order chi connectivity index (χ0) is 18.6. The molecule has 3 aromatic rings. The first-order chi connectivity index (χ1) is 12.4. The molecule has 0 saturated heterocycles. The number of halogens is 3. The Hall–Kier alpha value is -3.03. The van der Waals surface area contributed by atoms with E-state index in [1.807, 2.05) is 37.3 Å². The molecule has 0 fully saturated rings. The SMILES string of the molecule is CC(Nc1ccc(OCC(F)(F)F)cc1)c1nnc(-c2ccccc2)o1. The third kappa shape index (κ3) is 4.75. The van der Waals surface area contributed by atoms with Crippen molar-refractivity contribution in [1.82, 2.24) is 10.2 Å². The lowest BCUT2D eigenvalue weighted by atomic mass is 10.2. The van der Waals surface area contributed by atoms with E-state index in [1.165, 1.54) is 12.1 Å². The van der Waals surface area contributed by atoms with Crippen LogP contribution in [0.3, 0.4) is 0 Å². The Bertz CT molecular complexity index is 833. The van der Waals surface area contributed by atoms with Gasteiger partial charge in [-0.1, -0.05) is 18.2 Å². The largest absolute Gasteiger partial charge is 0.484 e. The molecule has 0 radical (unpaired) electrons. The van der Waals surface area contributed by atoms with Gasteiger partial charge in [-0.3, -0.25) is 0 Å². The molecule has 0 spiro atoms. The first kappa shape index (κ1) is 17.8. The normalized spacial score (nSPS) is 12.6. The van der Waals surface area contributed by atoms with E-state index in [9.17, 15) is 13.2 Å². The summed E-state index contributed by atoms with van der Waals surface area (Å²) in [7, 11) is 0. The van der Waals surface area contributed by atoms with Crippen LogP contribution >= 0.6 is 0 Å². The molecule has 0 aliphatic carbocycles. The lowest BCUT2D eigenvalue weighted by Crippen LogP contribution is -2.19. The Labute approximate surface area is 147 Å². The van der Waals surface area contributed by atoms with Crippen LogP contribution in [0.2, 0.25) is 0 Å². The van der Waals surface area contributed by atoms with Gasteiger partial charge in [0.25, 0.3) is 0 Å². The molecule has 0 bridgehead atoms. The molecule has 1 heterocycles. The summed E-state index contributed by atoms with van der Waals surface area (Å²) in [5.74, 6) is 0.969. The Balaban J connectivity index is 1.61. The molecule has 0 amide bonds. The topological polar surface area (TPSA) is 60.2 Å². The predicted octanol–water partition coefficient (Wildman–Crippen LogP) is 4.85. The maximum absolute atomic E-state index is 12.1. The molecule has 136 valence electrons. The van der Waals surface area contributed by atoms with Crippen LogP contribution in [0.15, 0.2) is 59.0 Å². The van der Waals surface area contributed by atoms with Crippen LogP contribution in [-0.2, 0) is 0 Å². The molecule has 8 heteroatoms. The van der Waals surface area contributed by atoms with Crippen LogP contribution in [0.4, 0.5) is 18.9 Å². The number of alkyl halides is 3. The van der Waals surface area contributed by atoms with Crippen LogP contribution in [0.5, 0.6) is 5.75 Å². The second-order valence-corrected chi connectivity index (χ2v) is 5.61. The molecule has 0 aliphatic rings. The molecular formula is C18H16F3N3O2. The van der Waals surface area contributed by atoms with Gasteiger partial charge < -0.3 is 14.5 Å². The second-order valence-electron chi connectivity index (χ2n) is 5.61. The summed E-state index contributed by atoms with van der Waals surface area (Å²) in [5.41, 5.74) is 1.51. The van der Waals surface area contributed by atoms with Gasteiger partial charge in [-0.15, -0.1) is 10.2 Å². The van der Waals surface area contributed by atoms with Gasteiger partial charge in [0.2, 0.25) is 11.8 Å². The molecular weight excluding hydrogens is 347 g/mol. The monoisotopic (exact) mass is 363 g/mol. The van der Waals surface area contributed by atoms with Crippen LogP contribution < -0.4 is 10.1 Å². The van der Waals surface area contributed by atoms with Crippen LogP contribution in [-0.4, -0.2) is 23.0 Å². The van der Waals surface area contributed by atoms with Gasteiger partial charge in [0.1, 0.15) is 11.8 Å². The maximum Gasteiger partial charge on any atom is 0.422 e. The van der Waals surface area contributed by atoms with Crippen molar-refractivity contribution < 1.29 is 22.3 Å². The fraction of sp³-hybridized carbons (Fsp3) is 0.222. The summed E-state index contributed by atoms with van der Waals surface area (Å²) < 4.78 is 46.8. The van der Waals surface area contributed by atoms with E-state index in [0.717, 1.165) is 5.56 Å². The Morgan fingerprint density at radius 2 is 1.73 bits per heavy atom. The molecule has 2 aromatic carbocycles. The lowest BCUT2D eigenvalue weighted by molar-refractivity contribution is -0.153. The number of hydrogen-bond acceptors (Lipinski definition) is 5. The number of rotatable bonds is 6. The van der Waals surface area contributed by atoms with Crippen molar-refractivity contribution in [2.24, 2.45) is 0 Å². The molecule has 5 nitrogen and oxygen atoms in total. The summed E-state index contributed by atoms with van der Waals surface area (Å²) in [4.78, 5) is 0. The minimum atomic E-state index is -4.36. The Morgan fingerprint density at radius 3 is 2.38 bits per heavy atom. The van der Waals surface area contributed by atoms with Crippen molar-refractivity contribution in [2.75, 3.05) is 11.9 Å². The number of nitrogens with zero attached hydrogens (tertiary/aromatic N) is 2. The Morgan fingerprint density at radius 1 is 1.04 bits per heavy atom. The molecule has 1 atom stereocenters. The van der Waals surface area contributed by atoms with Gasteiger partial charge in [-0.05, 0) is 43.3 Å². The summed E-state index contributed by atoms with van der Waals surface area (Å²) in [6.07, 6.45) is -4.36. The van der Waals surface area contributed by atoms with E-state index in [4.69, 9.17) is 4.42 Å². The van der Waals surface area contributed by atoms with E-state index in [0.29, 0.717) is 17.5 Å². The van der Waals surface area contributed by atoms with Crippen molar-refractivity contribution in [3.63, 3.8) is 0 Å². The summed E-state index contributed by atoms with van der Waals surface area (Å²) in [5, 5.41) is 11.2. The minimum Gasteiger partial charge on any atom is -0.484 e. The van der Waals surface area contributed by atoms with Crippen LogP contribution in [0, 0.1) is 0 Å². The molecule has 26 heavy (non-hydrogen) atoms. The van der Waals surface area contributed by atoms with Crippen molar-refractivity contribution >= 4 is 5.69 Å². The number of benzene rings is 2. The molecule has 3 rings (SSSR count). The van der Waals surface area contributed by atoms with E-state index in [-0.39, 0.29) is 11.8 Å². The lowest BCUT2D eigenvalue weighted by Gasteiger charge is -2.13. The zero-order valence-corrected chi connectivity index (χ0v) is 13.8. The summed E-state index contributed by atoms with van der Waals surface area (Å²) in [6, 6.07) is 15.3. The molecule has 0 aliphatic heterocycles. The summed E-state index contributed by atoms with van der Waals surface area (Å²) >= 11 is 0. The van der Waals surface area contributed by atoms with E-state index >= 15 is 0 Å². The standard InChI is InChI=1S/C18H16F3N3O2/c1-12(16-23-24-17(26-16)13-5-3-2-4-6-13)22-14-7-9-15(10-8-14)25-11-18(19,20)21/h2-10,12,22H,11H2,1H3. The third-order valence-electron chi connectivity index (χ3n) is 3.47. The molecule has 1 N–H and O–H groups in total. The van der Waals surface area contributed by atoms with Crippen molar-refractivity contribution in [3.8, 4) is 17.2 Å². The van der Waals surface area contributed by atoms with Crippen LogP contribution in [0.1, 0.15) is 18.9 Å². The zero-order valence-electron chi connectivity index (χ0n) is 13.8. The highest BCUT2D eigenvalue weighted by molar-refractivity contribution is 5.52. The number of hydrogen-bond donors (Lipinski definition) is 1. The van der Waals surface area contributed by atoms with Gasteiger partial charge in [0.05, 0.1) is 0 Å². The maximum atomic E-state index is 12.1. The quantitative estimate of drug-likeness (QED) is 0.678. The number of anilines is 1. The number of aromatic nitrogens is 2. The van der Waals surface area contributed by atoms with Crippen molar-refractivity contribution in [2.45, 2.75) is 19.1 Å². The average Bonchev–Trinajstić information content (AvgIpc) is 3.11. The van der Waals surface area contributed by atoms with Gasteiger partial charge in [0.15, 0.2) is 6.61 Å². The van der Waals surface area contributed by atoms with E-state index in [2.05, 4.69) is 20.3 Å². The smallest absolute Gasteiger partial charge is 0.422 e. The molecule has 1 aromatic heterocycles. The Kier molecular flexibility index (Phi) is 5.11. The van der Waals surface area contributed by atoms with Gasteiger partial charge in [0, 0.05) is 11.3 Å². The predicted molar refractivity (Wildman–Crippen MR) is 89.8 cm³/mol. The number of ether oxygens (including phenoxy) is 1. The third-order valence-corrected chi connectivity index (χ3v) is 3.47. The first-order valence-electron chi connectivity index (χ1n) is 7.86. The molecule has 1 unspecified atom stereocenters. The first-order valence-corrected chi connectivity index (χ1v) is 7.86. The highest BCUT2D eigenvalue weighted by Crippen LogP contribution is 2.25. The van der Waals surface area contributed by atoms with E-state index < -0.39 is 12.8 Å². The highest BCUT2D eigenvalue weighted by atomic mass is 19.4.